The van der Waals surface area contributed by atoms with E-state index in [1.54, 1.807) is 50.8 Å². The van der Waals surface area contributed by atoms with E-state index >= 15 is 0 Å². The monoisotopic (exact) mass is 956 g/mol. The topological polar surface area (TPSA) is 113 Å². The minimum Gasteiger partial charge on any atom is -0.418 e. The molecule has 0 atom stereocenters. The van der Waals surface area contributed by atoms with Crippen molar-refractivity contribution in [3.8, 4) is 45.6 Å². The minimum absolute atomic E-state index is 0. The van der Waals surface area contributed by atoms with E-state index < -0.39 is 22.1 Å². The molecule has 0 radical (unpaired) electrons. The van der Waals surface area contributed by atoms with E-state index in [4.69, 9.17) is 9.05 Å². The summed E-state index contributed by atoms with van der Waals surface area (Å²) in [4.78, 5) is 26.6. The quantitative estimate of drug-likeness (QED) is 0.0794. The van der Waals surface area contributed by atoms with E-state index in [0.717, 1.165) is 27.2 Å². The second-order valence-electron chi connectivity index (χ2n) is 10.3. The molecule has 0 bridgehead atoms. The Morgan fingerprint density at radius 3 is 1.02 bits per heavy atom. The van der Waals surface area contributed by atoms with Crippen molar-refractivity contribution >= 4 is 43.3 Å². The number of rotatable bonds is 9. The Kier molecular flexibility index (Phi) is 19.7. The Balaban J connectivity index is 0.000000315. The Morgan fingerprint density at radius 2 is 0.786 bits per heavy atom. The summed E-state index contributed by atoms with van der Waals surface area (Å²) in [5.74, 6) is 0. The summed E-state index contributed by atoms with van der Waals surface area (Å²) in [5.41, 5.74) is 5.87. The number of hydrogen-bond donors (Lipinski definition) is 0. The van der Waals surface area contributed by atoms with Gasteiger partial charge in [-0.2, -0.15) is 0 Å². The molecule has 6 aromatic rings. The standard InChI is InChI=1S/C19H20N3O3P.C15H10BrN3.2BF4.Ru/c1-3-24-26(23,25-4-2)15-13-18(16-9-5-7-11-20-16)22-19(14-15)17-10-6-8-12-21-17;16-11-9-14(12-5-1-3-7-17-12)19-15(10-11)13-6-2-4-8-18-13;2*2-1(3,4)5;/h5-14H,3-4H2,1-2H3;1-10H;;;/q;;2*-1;+2. The minimum atomic E-state index is -6.00. The molecule has 296 valence electrons. The van der Waals surface area contributed by atoms with Gasteiger partial charge in [-0.05, 0) is 86.6 Å². The molecule has 6 rings (SSSR count). The van der Waals surface area contributed by atoms with Crippen molar-refractivity contribution < 1.29 is 67.6 Å². The average molecular weight is 956 g/mol. The molecule has 9 nitrogen and oxygen atoms in total. The van der Waals surface area contributed by atoms with E-state index in [2.05, 4.69) is 45.8 Å². The number of nitrogens with zero attached hydrogens (tertiary/aromatic N) is 6. The number of pyridine rings is 6. The van der Waals surface area contributed by atoms with Gasteiger partial charge < -0.3 is 43.6 Å². The van der Waals surface area contributed by atoms with Gasteiger partial charge in [-0.1, -0.05) is 40.2 Å². The zero-order valence-corrected chi connectivity index (χ0v) is 33.4. The first kappa shape index (κ1) is 47.9. The zero-order chi connectivity index (χ0) is 40.5. The molecule has 0 saturated heterocycles. The van der Waals surface area contributed by atoms with Crippen LogP contribution in [0.3, 0.4) is 0 Å². The molecular formula is C34H30B2BrF8N6O3PRu. The molecule has 0 fully saturated rings. The van der Waals surface area contributed by atoms with Gasteiger partial charge in [0.2, 0.25) is 0 Å². The SMILES string of the molecule is Brc1cc(-c2ccccn2)nc(-c2ccccn2)c1.CCOP(=O)(OCC)c1cc(-c2ccccn2)nc(-c2ccccn2)c1.F[B-](F)(F)F.F[B-](F)(F)F.[Ru+2]. The largest absolute Gasteiger partial charge is 2.00 e. The van der Waals surface area contributed by atoms with Crippen LogP contribution in [-0.2, 0) is 33.1 Å². The van der Waals surface area contributed by atoms with Crippen LogP contribution in [-0.4, -0.2) is 57.6 Å². The fraction of sp³-hybridized carbons (Fsp3) is 0.118. The third-order valence-corrected chi connectivity index (χ3v) is 8.77. The Labute approximate surface area is 338 Å². The first-order chi connectivity index (χ1) is 26.0. The van der Waals surface area contributed by atoms with Crippen molar-refractivity contribution in [2.45, 2.75) is 13.8 Å². The summed E-state index contributed by atoms with van der Waals surface area (Å²) in [5, 5.41) is 0.442. The van der Waals surface area contributed by atoms with Crippen LogP contribution < -0.4 is 5.30 Å². The molecule has 56 heavy (non-hydrogen) atoms. The summed E-state index contributed by atoms with van der Waals surface area (Å²) < 4.78 is 103. The molecule has 0 aliphatic carbocycles. The van der Waals surface area contributed by atoms with Crippen molar-refractivity contribution in [1.82, 2.24) is 29.9 Å². The van der Waals surface area contributed by atoms with Crippen LogP contribution in [0.1, 0.15) is 13.8 Å². The van der Waals surface area contributed by atoms with Crippen LogP contribution in [0.15, 0.2) is 126 Å². The fourth-order valence-electron chi connectivity index (χ4n) is 4.28. The average Bonchev–Trinajstić information content (AvgIpc) is 3.15. The third-order valence-electron chi connectivity index (χ3n) is 6.22. The Bertz CT molecular complexity index is 1960. The summed E-state index contributed by atoms with van der Waals surface area (Å²) in [6.07, 6.45) is 6.90. The molecule has 0 unspecified atom stereocenters. The smallest absolute Gasteiger partial charge is 0.418 e. The van der Waals surface area contributed by atoms with E-state index in [9.17, 15) is 39.1 Å². The van der Waals surface area contributed by atoms with Crippen LogP contribution in [0.2, 0.25) is 0 Å². The maximum atomic E-state index is 13.3. The van der Waals surface area contributed by atoms with Gasteiger partial charge in [0.05, 0.1) is 64.1 Å². The predicted octanol–water partition coefficient (Wildman–Crippen LogP) is 10.7. The normalized spacial score (nSPS) is 11.0. The zero-order valence-electron chi connectivity index (χ0n) is 29.2. The van der Waals surface area contributed by atoms with Crippen molar-refractivity contribution in [3.05, 3.63) is 126 Å². The van der Waals surface area contributed by atoms with Crippen LogP contribution >= 0.6 is 23.5 Å². The van der Waals surface area contributed by atoms with Crippen molar-refractivity contribution in [2.24, 2.45) is 0 Å². The van der Waals surface area contributed by atoms with E-state index in [-0.39, 0.29) is 32.7 Å². The summed E-state index contributed by atoms with van der Waals surface area (Å²) in [6, 6.07) is 30.0. The maximum absolute atomic E-state index is 13.3. The first-order valence-corrected chi connectivity index (χ1v) is 18.3. The first-order valence-electron chi connectivity index (χ1n) is 16.0. The van der Waals surface area contributed by atoms with Crippen molar-refractivity contribution in [3.63, 3.8) is 0 Å². The van der Waals surface area contributed by atoms with Crippen molar-refractivity contribution in [2.75, 3.05) is 13.2 Å². The summed E-state index contributed by atoms with van der Waals surface area (Å²) in [7, 11) is -15.5. The van der Waals surface area contributed by atoms with Gasteiger partial charge >= 0.3 is 41.6 Å². The van der Waals surface area contributed by atoms with E-state index in [1.165, 1.54) is 0 Å². The Hall–Kier alpha value is -4.28. The Morgan fingerprint density at radius 1 is 0.518 bits per heavy atom. The fourth-order valence-corrected chi connectivity index (χ4v) is 6.33. The molecule has 0 N–H and O–H groups in total. The van der Waals surface area contributed by atoms with E-state index in [1.807, 2.05) is 84.9 Å². The number of halogens is 9. The van der Waals surface area contributed by atoms with Crippen LogP contribution in [0, 0.1) is 0 Å². The van der Waals surface area contributed by atoms with Gasteiger partial charge in [0.25, 0.3) is 0 Å². The second kappa shape index (κ2) is 23.1. The third kappa shape index (κ3) is 17.7. The molecule has 0 aliphatic rings. The molecule has 6 aromatic heterocycles. The maximum Gasteiger partial charge on any atom is 2.00 e. The molecule has 0 aliphatic heterocycles. The van der Waals surface area contributed by atoms with Gasteiger partial charge in [0, 0.05) is 29.3 Å². The molecule has 0 aromatic carbocycles. The number of hydrogen-bond acceptors (Lipinski definition) is 9. The molecule has 0 spiro atoms. The molecule has 0 amide bonds. The van der Waals surface area contributed by atoms with Crippen LogP contribution in [0.25, 0.3) is 45.6 Å². The van der Waals surface area contributed by atoms with Gasteiger partial charge in [-0.3, -0.25) is 24.5 Å². The molecule has 6 heterocycles. The van der Waals surface area contributed by atoms with E-state index in [0.29, 0.717) is 28.1 Å². The number of aromatic nitrogens is 6. The summed E-state index contributed by atoms with van der Waals surface area (Å²) in [6.45, 7) is 4.12. The van der Waals surface area contributed by atoms with Crippen LogP contribution in [0.5, 0.6) is 0 Å². The predicted molar refractivity (Wildman–Crippen MR) is 200 cm³/mol. The second-order valence-corrected chi connectivity index (χ2v) is 13.3. The molecular weight excluding hydrogens is 926 g/mol. The van der Waals surface area contributed by atoms with Gasteiger partial charge in [-0.15, -0.1) is 0 Å². The van der Waals surface area contributed by atoms with Crippen LogP contribution in [0.4, 0.5) is 34.5 Å². The molecule has 22 heteroatoms. The van der Waals surface area contributed by atoms with Gasteiger partial charge in [0.1, 0.15) is 0 Å². The van der Waals surface area contributed by atoms with Gasteiger partial charge in [-0.25, -0.2) is 9.97 Å². The van der Waals surface area contributed by atoms with Gasteiger partial charge in [0.15, 0.2) is 0 Å². The molecule has 0 saturated carbocycles. The van der Waals surface area contributed by atoms with Crippen molar-refractivity contribution in [1.29, 1.82) is 0 Å². The summed E-state index contributed by atoms with van der Waals surface area (Å²) >= 11 is 3.51.